The molecule has 2 aliphatic rings. The van der Waals surface area contributed by atoms with Crippen molar-refractivity contribution in [1.29, 1.82) is 0 Å². The molecule has 31 heavy (non-hydrogen) atoms. The summed E-state index contributed by atoms with van der Waals surface area (Å²) in [4.78, 5) is 39.5. The van der Waals surface area contributed by atoms with Crippen LogP contribution in [0.3, 0.4) is 0 Å². The quantitative estimate of drug-likeness (QED) is 0.651. The van der Waals surface area contributed by atoms with Gasteiger partial charge in [-0.3, -0.25) is 14.4 Å². The Morgan fingerprint density at radius 2 is 2.03 bits per heavy atom. The molecule has 2 N–H and O–H groups in total. The second-order valence-electron chi connectivity index (χ2n) is 7.92. The minimum atomic E-state index is -0.414. The molecule has 0 aliphatic carbocycles. The van der Waals surface area contributed by atoms with E-state index in [0.717, 1.165) is 17.3 Å². The first-order valence-electron chi connectivity index (χ1n) is 10.3. The molecule has 3 aromatic rings. The molecule has 3 amide bonds. The zero-order chi connectivity index (χ0) is 21.5. The summed E-state index contributed by atoms with van der Waals surface area (Å²) in [5.74, 6) is -0.490. The number of halogens is 1. The van der Waals surface area contributed by atoms with Gasteiger partial charge < -0.3 is 20.1 Å². The van der Waals surface area contributed by atoms with Gasteiger partial charge in [-0.05, 0) is 54.6 Å². The van der Waals surface area contributed by atoms with Crippen LogP contribution >= 0.6 is 11.6 Å². The number of hydrogen-bond acceptors (Lipinski definition) is 3. The fourth-order valence-corrected chi connectivity index (χ4v) is 4.52. The Bertz CT molecular complexity index is 1220. The number of anilines is 2. The van der Waals surface area contributed by atoms with Crippen LogP contribution in [0.2, 0.25) is 5.02 Å². The molecule has 0 saturated carbocycles. The van der Waals surface area contributed by atoms with E-state index in [1.54, 1.807) is 23.1 Å². The highest BCUT2D eigenvalue weighted by Gasteiger charge is 2.38. The molecular weight excluding hydrogens is 416 g/mol. The molecule has 1 aromatic heterocycles. The fraction of sp³-hybridized carbons (Fsp3) is 0.261. The summed E-state index contributed by atoms with van der Waals surface area (Å²) in [7, 11) is 0. The lowest BCUT2D eigenvalue weighted by Gasteiger charge is -2.20. The average Bonchev–Trinajstić information content (AvgIpc) is 3.38. The molecule has 1 saturated heterocycles. The zero-order valence-electron chi connectivity index (χ0n) is 16.7. The zero-order valence-corrected chi connectivity index (χ0v) is 17.5. The minimum absolute atomic E-state index is 0.152. The maximum atomic E-state index is 12.9. The van der Waals surface area contributed by atoms with Crippen molar-refractivity contribution in [3.05, 3.63) is 59.2 Å². The largest absolute Gasteiger partial charge is 0.347 e. The number of aryl methyl sites for hydroxylation is 1. The average molecular weight is 437 g/mol. The summed E-state index contributed by atoms with van der Waals surface area (Å²) >= 11 is 6.09. The molecule has 1 atom stereocenters. The first-order valence-corrected chi connectivity index (χ1v) is 10.7. The molecule has 7 nitrogen and oxygen atoms in total. The van der Waals surface area contributed by atoms with Crippen molar-refractivity contribution in [3.63, 3.8) is 0 Å². The maximum absolute atomic E-state index is 12.9. The molecule has 0 spiro atoms. The summed E-state index contributed by atoms with van der Waals surface area (Å²) in [6, 6.07) is 12.3. The van der Waals surface area contributed by atoms with E-state index in [-0.39, 0.29) is 24.1 Å². The predicted molar refractivity (Wildman–Crippen MR) is 119 cm³/mol. The van der Waals surface area contributed by atoms with Crippen molar-refractivity contribution < 1.29 is 14.4 Å². The number of benzene rings is 2. The Hall–Kier alpha value is -3.32. The SMILES string of the molecule is O=C(CCn1ccc2ccc(Cl)cc21)Nc1ccc2c(c1)C(=O)N1CCCC1C(=O)N2. The van der Waals surface area contributed by atoms with Gasteiger partial charge in [0, 0.05) is 41.9 Å². The number of nitrogens with one attached hydrogen (secondary N) is 2. The first kappa shape index (κ1) is 19.6. The van der Waals surface area contributed by atoms with E-state index < -0.39 is 6.04 Å². The Labute approximate surface area is 184 Å². The van der Waals surface area contributed by atoms with Gasteiger partial charge in [-0.1, -0.05) is 17.7 Å². The van der Waals surface area contributed by atoms with Crippen molar-refractivity contribution >= 4 is 51.6 Å². The predicted octanol–water partition coefficient (Wildman–Crippen LogP) is 3.88. The number of nitrogens with zero attached hydrogens (tertiary/aromatic N) is 2. The van der Waals surface area contributed by atoms with Gasteiger partial charge in [-0.15, -0.1) is 0 Å². The molecule has 0 radical (unpaired) electrons. The Balaban J connectivity index is 1.30. The van der Waals surface area contributed by atoms with Gasteiger partial charge in [0.15, 0.2) is 0 Å². The number of hydrogen-bond donors (Lipinski definition) is 2. The summed E-state index contributed by atoms with van der Waals surface area (Å²) in [5.41, 5.74) is 2.40. The lowest BCUT2D eigenvalue weighted by molar-refractivity contribution is -0.119. The summed E-state index contributed by atoms with van der Waals surface area (Å²) in [6.07, 6.45) is 3.69. The highest BCUT2D eigenvalue weighted by atomic mass is 35.5. The number of fused-ring (bicyclic) bond motifs is 3. The van der Waals surface area contributed by atoms with Crippen LogP contribution in [0.25, 0.3) is 10.9 Å². The molecule has 1 unspecified atom stereocenters. The molecule has 3 heterocycles. The van der Waals surface area contributed by atoms with Crippen molar-refractivity contribution in [3.8, 4) is 0 Å². The lowest BCUT2D eigenvalue weighted by atomic mass is 10.1. The maximum Gasteiger partial charge on any atom is 0.256 e. The van der Waals surface area contributed by atoms with Crippen LogP contribution in [0.4, 0.5) is 11.4 Å². The third kappa shape index (κ3) is 3.65. The van der Waals surface area contributed by atoms with Gasteiger partial charge in [0.1, 0.15) is 6.04 Å². The Morgan fingerprint density at radius 1 is 1.16 bits per heavy atom. The topological polar surface area (TPSA) is 83.4 Å². The van der Waals surface area contributed by atoms with Crippen molar-refractivity contribution in [1.82, 2.24) is 9.47 Å². The normalized spacial score (nSPS) is 17.8. The van der Waals surface area contributed by atoms with Gasteiger partial charge in [-0.2, -0.15) is 0 Å². The fourth-order valence-electron chi connectivity index (χ4n) is 4.36. The van der Waals surface area contributed by atoms with E-state index in [0.29, 0.717) is 41.5 Å². The summed E-state index contributed by atoms with van der Waals surface area (Å²) < 4.78 is 1.99. The van der Waals surface area contributed by atoms with E-state index >= 15 is 0 Å². The third-order valence-corrected chi connectivity index (χ3v) is 6.16. The summed E-state index contributed by atoms with van der Waals surface area (Å²) in [5, 5.41) is 7.42. The van der Waals surface area contributed by atoms with Gasteiger partial charge in [0.25, 0.3) is 5.91 Å². The second-order valence-corrected chi connectivity index (χ2v) is 8.35. The number of amides is 3. The van der Waals surface area contributed by atoms with Crippen LogP contribution in [-0.4, -0.2) is 39.8 Å². The van der Waals surface area contributed by atoms with E-state index in [2.05, 4.69) is 10.6 Å². The number of aromatic nitrogens is 1. The van der Waals surface area contributed by atoms with Crippen molar-refractivity contribution in [2.45, 2.75) is 31.8 Å². The van der Waals surface area contributed by atoms with Gasteiger partial charge in [0.05, 0.1) is 11.3 Å². The summed E-state index contributed by atoms with van der Waals surface area (Å²) in [6.45, 7) is 1.08. The number of carbonyl (C=O) groups excluding carboxylic acids is 3. The van der Waals surface area contributed by atoms with E-state index in [1.807, 2.05) is 35.0 Å². The Morgan fingerprint density at radius 3 is 2.90 bits per heavy atom. The first-order chi connectivity index (χ1) is 15.0. The van der Waals surface area contributed by atoms with Gasteiger partial charge >= 0.3 is 0 Å². The molecule has 158 valence electrons. The van der Waals surface area contributed by atoms with E-state index in [4.69, 9.17) is 11.6 Å². The van der Waals surface area contributed by atoms with Crippen LogP contribution in [0.15, 0.2) is 48.7 Å². The van der Waals surface area contributed by atoms with Crippen LogP contribution in [-0.2, 0) is 16.1 Å². The lowest BCUT2D eigenvalue weighted by Crippen LogP contribution is -2.40. The standard InChI is InChI=1S/C23H21ClN4O3/c24-15-4-3-14-7-10-27(20(14)12-15)11-8-21(29)25-16-5-6-18-17(13-16)23(31)28-9-1-2-19(28)22(30)26-18/h3-7,10,12-13,19H,1-2,8-9,11H2,(H,25,29)(H,26,30). The molecular formula is C23H21ClN4O3. The van der Waals surface area contributed by atoms with E-state index in [9.17, 15) is 14.4 Å². The monoisotopic (exact) mass is 436 g/mol. The highest BCUT2D eigenvalue weighted by Crippen LogP contribution is 2.30. The van der Waals surface area contributed by atoms with Gasteiger partial charge in [-0.25, -0.2) is 0 Å². The number of rotatable bonds is 4. The molecule has 0 bridgehead atoms. The van der Waals surface area contributed by atoms with Crippen LogP contribution < -0.4 is 10.6 Å². The second kappa shape index (κ2) is 7.74. The van der Waals surface area contributed by atoms with Gasteiger partial charge in [0.2, 0.25) is 11.8 Å². The van der Waals surface area contributed by atoms with Crippen molar-refractivity contribution in [2.24, 2.45) is 0 Å². The van der Waals surface area contributed by atoms with E-state index in [1.165, 1.54) is 0 Å². The molecule has 8 heteroatoms. The van der Waals surface area contributed by atoms with Crippen LogP contribution in [0.1, 0.15) is 29.6 Å². The molecule has 1 fully saturated rings. The van der Waals surface area contributed by atoms with Crippen LogP contribution in [0, 0.1) is 0 Å². The molecule has 5 rings (SSSR count). The Kier molecular flexibility index (Phi) is 4.90. The minimum Gasteiger partial charge on any atom is -0.347 e. The third-order valence-electron chi connectivity index (χ3n) is 5.92. The molecule has 2 aliphatic heterocycles. The van der Waals surface area contributed by atoms with Crippen LogP contribution in [0.5, 0.6) is 0 Å². The van der Waals surface area contributed by atoms with Crippen molar-refractivity contribution in [2.75, 3.05) is 17.2 Å². The smallest absolute Gasteiger partial charge is 0.256 e. The molecule has 2 aromatic carbocycles. The highest BCUT2D eigenvalue weighted by molar-refractivity contribution is 6.31. The number of carbonyl (C=O) groups is 3.